The van der Waals surface area contributed by atoms with Gasteiger partial charge < -0.3 is 10.1 Å². The second-order valence-corrected chi connectivity index (χ2v) is 4.10. The standard InChI is InChI=1S/C10H12ClN3O2/c1-6-3-5-16-8(6)9(15)13-7-2-4-12-10(11)14-7/h2,4,6,8H,3,5H2,1H3,(H,12,13,14,15). The summed E-state index contributed by atoms with van der Waals surface area (Å²) in [5.41, 5.74) is 0. The Bertz CT molecular complexity index is 399. The van der Waals surface area contributed by atoms with Gasteiger partial charge in [0, 0.05) is 12.8 Å². The zero-order chi connectivity index (χ0) is 11.5. The van der Waals surface area contributed by atoms with E-state index in [1.165, 1.54) is 6.20 Å². The van der Waals surface area contributed by atoms with Crippen LogP contribution in [0, 0.1) is 5.92 Å². The highest BCUT2D eigenvalue weighted by atomic mass is 35.5. The molecule has 1 amide bonds. The molecule has 0 radical (unpaired) electrons. The van der Waals surface area contributed by atoms with Gasteiger partial charge in [-0.05, 0) is 30.0 Å². The molecule has 1 aromatic heterocycles. The van der Waals surface area contributed by atoms with E-state index in [1.807, 2.05) is 6.92 Å². The molecule has 1 saturated heterocycles. The first-order valence-corrected chi connectivity index (χ1v) is 5.45. The normalized spacial score (nSPS) is 24.4. The fourth-order valence-electron chi connectivity index (χ4n) is 1.63. The van der Waals surface area contributed by atoms with E-state index in [-0.39, 0.29) is 17.1 Å². The second-order valence-electron chi connectivity index (χ2n) is 3.76. The predicted molar refractivity (Wildman–Crippen MR) is 59.2 cm³/mol. The van der Waals surface area contributed by atoms with Crippen molar-refractivity contribution >= 4 is 23.3 Å². The number of carbonyl (C=O) groups excluding carboxylic acids is 1. The number of rotatable bonds is 2. The molecule has 1 aromatic rings. The van der Waals surface area contributed by atoms with Crippen LogP contribution in [0.2, 0.25) is 5.28 Å². The largest absolute Gasteiger partial charge is 0.368 e. The predicted octanol–water partition coefficient (Wildman–Crippen LogP) is 1.49. The van der Waals surface area contributed by atoms with E-state index in [1.54, 1.807) is 6.07 Å². The Morgan fingerprint density at radius 2 is 2.50 bits per heavy atom. The molecular formula is C10H12ClN3O2. The van der Waals surface area contributed by atoms with Crippen molar-refractivity contribution in [3.63, 3.8) is 0 Å². The molecule has 2 atom stereocenters. The average molecular weight is 242 g/mol. The van der Waals surface area contributed by atoms with Gasteiger partial charge in [-0.15, -0.1) is 0 Å². The molecule has 86 valence electrons. The highest BCUT2D eigenvalue weighted by molar-refractivity contribution is 6.28. The van der Waals surface area contributed by atoms with Crippen LogP contribution in [0.3, 0.4) is 0 Å². The summed E-state index contributed by atoms with van der Waals surface area (Å²) >= 11 is 5.61. The van der Waals surface area contributed by atoms with E-state index in [9.17, 15) is 4.79 Å². The number of anilines is 1. The lowest BCUT2D eigenvalue weighted by Gasteiger charge is -2.13. The molecule has 0 aromatic carbocycles. The highest BCUT2D eigenvalue weighted by Crippen LogP contribution is 2.21. The molecule has 2 unspecified atom stereocenters. The van der Waals surface area contributed by atoms with Gasteiger partial charge in [0.2, 0.25) is 5.28 Å². The Morgan fingerprint density at radius 3 is 3.12 bits per heavy atom. The molecule has 0 aliphatic carbocycles. The minimum absolute atomic E-state index is 0.109. The quantitative estimate of drug-likeness (QED) is 0.797. The van der Waals surface area contributed by atoms with Gasteiger partial charge in [0.25, 0.3) is 5.91 Å². The fourth-order valence-corrected chi connectivity index (χ4v) is 1.78. The van der Waals surface area contributed by atoms with Gasteiger partial charge >= 0.3 is 0 Å². The maximum Gasteiger partial charge on any atom is 0.254 e. The molecule has 1 aliphatic heterocycles. The van der Waals surface area contributed by atoms with Crippen molar-refractivity contribution in [1.82, 2.24) is 9.97 Å². The maximum atomic E-state index is 11.8. The van der Waals surface area contributed by atoms with Crippen LogP contribution in [0.15, 0.2) is 12.3 Å². The lowest BCUT2D eigenvalue weighted by Crippen LogP contribution is -2.31. The number of nitrogens with zero attached hydrogens (tertiary/aromatic N) is 2. The number of carbonyl (C=O) groups is 1. The summed E-state index contributed by atoms with van der Waals surface area (Å²) in [7, 11) is 0. The molecule has 0 spiro atoms. The van der Waals surface area contributed by atoms with E-state index >= 15 is 0 Å². The van der Waals surface area contributed by atoms with Crippen molar-refractivity contribution in [2.24, 2.45) is 5.92 Å². The summed E-state index contributed by atoms with van der Waals surface area (Å²) in [6.45, 7) is 2.62. The Kier molecular flexibility index (Phi) is 3.36. The van der Waals surface area contributed by atoms with Crippen molar-refractivity contribution in [3.8, 4) is 0 Å². The van der Waals surface area contributed by atoms with Crippen LogP contribution in [0.1, 0.15) is 13.3 Å². The van der Waals surface area contributed by atoms with E-state index in [4.69, 9.17) is 16.3 Å². The third kappa shape index (κ3) is 2.48. The molecule has 1 fully saturated rings. The first-order chi connectivity index (χ1) is 7.66. The van der Waals surface area contributed by atoms with Crippen LogP contribution in [0.25, 0.3) is 0 Å². The summed E-state index contributed by atoms with van der Waals surface area (Å²) in [6.07, 6.45) is 2.00. The Balaban J connectivity index is 2.02. The van der Waals surface area contributed by atoms with Crippen molar-refractivity contribution in [2.75, 3.05) is 11.9 Å². The zero-order valence-electron chi connectivity index (χ0n) is 8.81. The third-order valence-electron chi connectivity index (χ3n) is 2.52. The van der Waals surface area contributed by atoms with E-state index in [0.717, 1.165) is 6.42 Å². The highest BCUT2D eigenvalue weighted by Gasteiger charge is 2.30. The van der Waals surface area contributed by atoms with Crippen molar-refractivity contribution < 1.29 is 9.53 Å². The smallest absolute Gasteiger partial charge is 0.254 e. The monoisotopic (exact) mass is 241 g/mol. The van der Waals surface area contributed by atoms with Crippen molar-refractivity contribution in [1.29, 1.82) is 0 Å². The Labute approximate surface area is 98.2 Å². The van der Waals surface area contributed by atoms with E-state index < -0.39 is 6.10 Å². The number of amides is 1. The number of hydrogen-bond donors (Lipinski definition) is 1. The van der Waals surface area contributed by atoms with Crippen molar-refractivity contribution in [2.45, 2.75) is 19.4 Å². The summed E-state index contributed by atoms with van der Waals surface area (Å²) in [5.74, 6) is 0.449. The molecule has 6 heteroatoms. The molecule has 0 bridgehead atoms. The first kappa shape index (κ1) is 11.3. The lowest BCUT2D eigenvalue weighted by atomic mass is 10.0. The molecule has 1 aliphatic rings. The van der Waals surface area contributed by atoms with Crippen LogP contribution in [0.4, 0.5) is 5.82 Å². The van der Waals surface area contributed by atoms with Crippen LogP contribution < -0.4 is 5.32 Å². The van der Waals surface area contributed by atoms with E-state index in [0.29, 0.717) is 12.4 Å². The first-order valence-electron chi connectivity index (χ1n) is 5.08. The van der Waals surface area contributed by atoms with Gasteiger partial charge in [0.05, 0.1) is 0 Å². The minimum Gasteiger partial charge on any atom is -0.368 e. The minimum atomic E-state index is -0.395. The molecule has 2 rings (SSSR count). The summed E-state index contributed by atoms with van der Waals surface area (Å²) < 4.78 is 5.34. The average Bonchev–Trinajstić information content (AvgIpc) is 2.64. The number of nitrogens with one attached hydrogen (secondary N) is 1. The fraction of sp³-hybridized carbons (Fsp3) is 0.500. The summed E-state index contributed by atoms with van der Waals surface area (Å²) in [6, 6.07) is 1.59. The molecule has 16 heavy (non-hydrogen) atoms. The number of halogens is 1. The molecular weight excluding hydrogens is 230 g/mol. The summed E-state index contributed by atoms with van der Waals surface area (Å²) in [4.78, 5) is 19.4. The van der Waals surface area contributed by atoms with Gasteiger partial charge in [0.1, 0.15) is 11.9 Å². The zero-order valence-corrected chi connectivity index (χ0v) is 9.57. The van der Waals surface area contributed by atoms with Crippen LogP contribution >= 0.6 is 11.6 Å². The maximum absolute atomic E-state index is 11.8. The second kappa shape index (κ2) is 4.76. The van der Waals surface area contributed by atoms with Crippen molar-refractivity contribution in [3.05, 3.63) is 17.5 Å². The summed E-state index contributed by atoms with van der Waals surface area (Å²) in [5, 5.41) is 2.77. The number of aromatic nitrogens is 2. The topological polar surface area (TPSA) is 64.1 Å². The van der Waals surface area contributed by atoms with Gasteiger partial charge in [-0.1, -0.05) is 6.92 Å². The number of ether oxygens (including phenoxy) is 1. The third-order valence-corrected chi connectivity index (χ3v) is 2.71. The Hall–Kier alpha value is -1.20. The van der Waals surface area contributed by atoms with Gasteiger partial charge in [-0.2, -0.15) is 0 Å². The Morgan fingerprint density at radius 1 is 1.69 bits per heavy atom. The van der Waals surface area contributed by atoms with E-state index in [2.05, 4.69) is 15.3 Å². The van der Waals surface area contributed by atoms with Crippen LogP contribution in [-0.2, 0) is 9.53 Å². The molecule has 2 heterocycles. The lowest BCUT2D eigenvalue weighted by molar-refractivity contribution is -0.126. The van der Waals surface area contributed by atoms with Crippen LogP contribution in [0.5, 0.6) is 0 Å². The van der Waals surface area contributed by atoms with Gasteiger partial charge in [-0.25, -0.2) is 9.97 Å². The van der Waals surface area contributed by atoms with Gasteiger partial charge in [-0.3, -0.25) is 4.79 Å². The molecule has 1 N–H and O–H groups in total. The van der Waals surface area contributed by atoms with Crippen LogP contribution in [-0.4, -0.2) is 28.6 Å². The molecule has 5 nitrogen and oxygen atoms in total. The SMILES string of the molecule is CC1CCOC1C(=O)Nc1ccnc(Cl)n1. The molecule has 0 saturated carbocycles. The number of hydrogen-bond acceptors (Lipinski definition) is 4. The van der Waals surface area contributed by atoms with Gasteiger partial charge in [0.15, 0.2) is 0 Å².